The van der Waals surface area contributed by atoms with E-state index in [0.717, 1.165) is 57.4 Å². The first kappa shape index (κ1) is 29.9. The zero-order valence-electron chi connectivity index (χ0n) is 25.1. The smallest absolute Gasteiger partial charge is 0.341 e. The summed E-state index contributed by atoms with van der Waals surface area (Å²) >= 11 is 3.02. The SMILES string of the molecule is COC(=O)c1c(NC(=O)CCSc2nc(-c3ccc(C)cc3)c(-c3ccc(C)cc3)[nH]2)sc2c1CCC(c1ccccc1)C2. The van der Waals surface area contributed by atoms with Crippen molar-refractivity contribution in [2.45, 2.75) is 50.6 Å². The Balaban J connectivity index is 1.15. The molecular weight excluding hydrogens is 587 g/mol. The molecule has 0 radical (unpaired) electrons. The average Bonchev–Trinajstić information content (AvgIpc) is 3.62. The summed E-state index contributed by atoms with van der Waals surface area (Å²) in [5, 5.41) is 4.39. The van der Waals surface area contributed by atoms with E-state index in [9.17, 15) is 9.59 Å². The lowest BCUT2D eigenvalue weighted by Gasteiger charge is -2.22. The molecule has 6 nitrogen and oxygen atoms in total. The Morgan fingerprint density at radius 2 is 1.66 bits per heavy atom. The number of ether oxygens (including phenoxy) is 1. The predicted molar refractivity (Wildman–Crippen MR) is 180 cm³/mol. The molecule has 0 bridgehead atoms. The number of amides is 1. The van der Waals surface area contributed by atoms with Gasteiger partial charge in [-0.05, 0) is 50.2 Å². The van der Waals surface area contributed by atoms with Gasteiger partial charge in [-0.3, -0.25) is 4.79 Å². The lowest BCUT2D eigenvalue weighted by Crippen LogP contribution is -2.16. The maximum atomic E-state index is 13.1. The molecule has 0 saturated heterocycles. The van der Waals surface area contributed by atoms with E-state index in [1.165, 1.54) is 46.9 Å². The number of carbonyl (C=O) groups excluding carboxylic acids is 2. The van der Waals surface area contributed by atoms with Gasteiger partial charge in [-0.15, -0.1) is 11.3 Å². The number of benzene rings is 3. The number of esters is 1. The summed E-state index contributed by atoms with van der Waals surface area (Å²) in [6.45, 7) is 4.15. The van der Waals surface area contributed by atoms with Gasteiger partial charge in [-0.25, -0.2) is 9.78 Å². The third kappa shape index (κ3) is 6.51. The molecule has 8 heteroatoms. The molecule has 1 atom stereocenters. The summed E-state index contributed by atoms with van der Waals surface area (Å²) in [5.74, 6) is 0.406. The number of nitrogens with one attached hydrogen (secondary N) is 2. The molecule has 1 aliphatic carbocycles. The maximum Gasteiger partial charge on any atom is 0.341 e. The number of aromatic nitrogens is 2. The molecule has 2 N–H and O–H groups in total. The van der Waals surface area contributed by atoms with Crippen molar-refractivity contribution in [2.24, 2.45) is 0 Å². The number of hydrogen-bond donors (Lipinski definition) is 2. The fourth-order valence-corrected chi connectivity index (χ4v) is 7.84. The molecule has 6 rings (SSSR count). The van der Waals surface area contributed by atoms with E-state index < -0.39 is 5.97 Å². The highest BCUT2D eigenvalue weighted by Gasteiger charge is 2.30. The molecule has 2 aromatic heterocycles. The molecular formula is C36H35N3O3S2. The Morgan fingerprint density at radius 3 is 2.34 bits per heavy atom. The van der Waals surface area contributed by atoms with Crippen molar-refractivity contribution in [3.8, 4) is 22.5 Å². The molecule has 1 aliphatic rings. The fraction of sp³-hybridized carbons (Fsp3) is 0.250. The van der Waals surface area contributed by atoms with Gasteiger partial charge in [0.25, 0.3) is 0 Å². The van der Waals surface area contributed by atoms with E-state index in [4.69, 9.17) is 9.72 Å². The summed E-state index contributed by atoms with van der Waals surface area (Å²) in [6, 6.07) is 27.2. The highest BCUT2D eigenvalue weighted by molar-refractivity contribution is 7.99. The Kier molecular flexibility index (Phi) is 9.00. The predicted octanol–water partition coefficient (Wildman–Crippen LogP) is 8.60. The molecule has 1 unspecified atom stereocenters. The summed E-state index contributed by atoms with van der Waals surface area (Å²) in [7, 11) is 1.39. The summed E-state index contributed by atoms with van der Waals surface area (Å²) < 4.78 is 5.13. The lowest BCUT2D eigenvalue weighted by molar-refractivity contribution is -0.115. The van der Waals surface area contributed by atoms with Gasteiger partial charge in [-0.1, -0.05) is 102 Å². The number of aromatic amines is 1. The minimum absolute atomic E-state index is 0.134. The van der Waals surface area contributed by atoms with Crippen LogP contribution in [0.25, 0.3) is 22.5 Å². The zero-order chi connectivity index (χ0) is 30.6. The third-order valence-corrected chi connectivity index (χ3v) is 10.1. The van der Waals surface area contributed by atoms with Crippen LogP contribution in [0.15, 0.2) is 84.0 Å². The fourth-order valence-electron chi connectivity index (χ4n) is 5.70. The van der Waals surface area contributed by atoms with Crippen LogP contribution in [0.1, 0.15) is 56.2 Å². The number of methoxy groups -OCH3 is 1. The number of imidazole rings is 1. The van der Waals surface area contributed by atoms with E-state index in [2.05, 4.69) is 96.9 Å². The third-order valence-electron chi connectivity index (χ3n) is 8.09. The van der Waals surface area contributed by atoms with E-state index in [0.29, 0.717) is 22.2 Å². The highest BCUT2D eigenvalue weighted by Crippen LogP contribution is 2.43. The molecule has 0 fully saturated rings. The van der Waals surface area contributed by atoms with Crippen molar-refractivity contribution in [1.29, 1.82) is 0 Å². The highest BCUT2D eigenvalue weighted by atomic mass is 32.2. The standard InChI is InChI=1S/C36H35N3O3S2/c1-22-9-13-25(14-10-22)32-33(26-15-11-23(2)12-16-26)39-36(38-32)43-20-19-30(40)37-34-31(35(41)42-3)28-18-17-27(21-29(28)44-34)24-7-5-4-6-8-24/h4-16,27H,17-21H2,1-3H3,(H,37,40)(H,38,39). The number of thiophene rings is 1. The van der Waals surface area contributed by atoms with E-state index in [1.807, 2.05) is 6.07 Å². The van der Waals surface area contributed by atoms with Crippen LogP contribution in [0, 0.1) is 13.8 Å². The van der Waals surface area contributed by atoms with Crippen molar-refractivity contribution in [3.05, 3.63) is 112 Å². The van der Waals surface area contributed by atoms with Crippen molar-refractivity contribution in [3.63, 3.8) is 0 Å². The van der Waals surface area contributed by atoms with Gasteiger partial charge in [-0.2, -0.15) is 0 Å². The van der Waals surface area contributed by atoms with Crippen molar-refractivity contribution >= 4 is 40.0 Å². The number of aryl methyl sites for hydroxylation is 2. The number of nitrogens with zero attached hydrogens (tertiary/aromatic N) is 1. The van der Waals surface area contributed by atoms with Crippen LogP contribution in [0.4, 0.5) is 5.00 Å². The van der Waals surface area contributed by atoms with Crippen molar-refractivity contribution < 1.29 is 14.3 Å². The minimum atomic E-state index is -0.395. The number of H-pyrrole nitrogens is 1. The van der Waals surface area contributed by atoms with Gasteiger partial charge in [0.05, 0.1) is 24.1 Å². The second-order valence-corrected chi connectivity index (χ2v) is 13.4. The number of fused-ring (bicyclic) bond motifs is 1. The topological polar surface area (TPSA) is 84.1 Å². The molecule has 0 saturated carbocycles. The van der Waals surface area contributed by atoms with Gasteiger partial charge < -0.3 is 15.0 Å². The number of hydrogen-bond acceptors (Lipinski definition) is 6. The van der Waals surface area contributed by atoms with Gasteiger partial charge in [0.15, 0.2) is 5.16 Å². The van der Waals surface area contributed by atoms with Gasteiger partial charge >= 0.3 is 5.97 Å². The van der Waals surface area contributed by atoms with E-state index in [-0.39, 0.29) is 12.3 Å². The van der Waals surface area contributed by atoms with Crippen LogP contribution in [0.2, 0.25) is 0 Å². The van der Waals surface area contributed by atoms with Crippen molar-refractivity contribution in [2.75, 3.05) is 18.2 Å². The van der Waals surface area contributed by atoms with Crippen molar-refractivity contribution in [1.82, 2.24) is 9.97 Å². The van der Waals surface area contributed by atoms with Crippen LogP contribution >= 0.6 is 23.1 Å². The summed E-state index contributed by atoms with van der Waals surface area (Å²) in [4.78, 5) is 35.5. The zero-order valence-corrected chi connectivity index (χ0v) is 26.7. The quantitative estimate of drug-likeness (QED) is 0.127. The summed E-state index contributed by atoms with van der Waals surface area (Å²) in [6.07, 6.45) is 2.87. The normalized spacial score (nSPS) is 14.2. The van der Waals surface area contributed by atoms with Gasteiger partial charge in [0, 0.05) is 28.2 Å². The van der Waals surface area contributed by atoms with Crippen LogP contribution in [-0.4, -0.2) is 34.7 Å². The molecule has 0 spiro atoms. The molecule has 224 valence electrons. The van der Waals surface area contributed by atoms with Crippen LogP contribution in [0.5, 0.6) is 0 Å². The maximum absolute atomic E-state index is 13.1. The monoisotopic (exact) mass is 621 g/mol. The number of rotatable bonds is 9. The summed E-state index contributed by atoms with van der Waals surface area (Å²) in [5.41, 5.74) is 9.18. The average molecular weight is 622 g/mol. The number of thioether (sulfide) groups is 1. The molecule has 3 aromatic carbocycles. The van der Waals surface area contributed by atoms with E-state index in [1.54, 1.807) is 0 Å². The Bertz CT molecular complexity index is 1710. The number of carbonyl (C=O) groups is 2. The largest absolute Gasteiger partial charge is 0.465 e. The second kappa shape index (κ2) is 13.2. The molecule has 5 aromatic rings. The Labute approximate surface area is 266 Å². The second-order valence-electron chi connectivity index (χ2n) is 11.2. The minimum Gasteiger partial charge on any atom is -0.465 e. The molecule has 2 heterocycles. The van der Waals surface area contributed by atoms with Crippen LogP contribution in [0.3, 0.4) is 0 Å². The number of anilines is 1. The van der Waals surface area contributed by atoms with Gasteiger partial charge in [0.2, 0.25) is 5.91 Å². The van der Waals surface area contributed by atoms with Crippen LogP contribution in [-0.2, 0) is 22.4 Å². The van der Waals surface area contributed by atoms with Gasteiger partial charge in [0.1, 0.15) is 5.00 Å². The Hall–Kier alpha value is -4.14. The first-order valence-electron chi connectivity index (χ1n) is 14.8. The molecule has 44 heavy (non-hydrogen) atoms. The van der Waals surface area contributed by atoms with Crippen LogP contribution < -0.4 is 5.32 Å². The molecule has 1 amide bonds. The Morgan fingerprint density at radius 1 is 0.977 bits per heavy atom. The first-order valence-corrected chi connectivity index (χ1v) is 16.6. The van der Waals surface area contributed by atoms with E-state index >= 15 is 0 Å². The lowest BCUT2D eigenvalue weighted by atomic mass is 9.83. The molecule has 0 aliphatic heterocycles. The first-order chi connectivity index (χ1) is 21.4.